The third-order valence-electron chi connectivity index (χ3n) is 2.48. The van der Waals surface area contributed by atoms with Crippen molar-refractivity contribution in [2.45, 2.75) is 4.90 Å². The van der Waals surface area contributed by atoms with Crippen LogP contribution in [0, 0.1) is 5.82 Å². The van der Waals surface area contributed by atoms with Crippen LogP contribution < -0.4 is 9.62 Å². The molecule has 0 unspecified atom stereocenters. The van der Waals surface area contributed by atoms with Crippen LogP contribution >= 0.6 is 11.6 Å². The zero-order chi connectivity index (χ0) is 15.6. The average molecular weight is 331 g/mol. The number of sulfonamides is 1. The zero-order valence-electron chi connectivity index (χ0n) is 11.2. The summed E-state index contributed by atoms with van der Waals surface area (Å²) in [6.45, 7) is 0. The molecule has 6 nitrogen and oxygen atoms in total. The standard InChI is InChI=1S/C12H12ClFN4O2S/c1-18(2)12-15-6-8(7-16-12)17-21(19,20)11-9(13)4-3-5-10(11)14/h3-7,17H,1-2H3. The second-order valence-corrected chi connectivity index (χ2v) is 6.35. The first-order valence-electron chi connectivity index (χ1n) is 5.77. The lowest BCUT2D eigenvalue weighted by molar-refractivity contribution is 0.570. The number of hydrogen-bond donors (Lipinski definition) is 1. The van der Waals surface area contributed by atoms with Gasteiger partial charge in [0.05, 0.1) is 23.1 Å². The summed E-state index contributed by atoms with van der Waals surface area (Å²) in [6, 6.07) is 3.64. The predicted octanol–water partition coefficient (Wildman–Crippen LogP) is 2.14. The number of anilines is 2. The maximum Gasteiger partial charge on any atom is 0.266 e. The maximum atomic E-state index is 13.7. The first-order chi connectivity index (χ1) is 9.81. The SMILES string of the molecule is CN(C)c1ncc(NS(=O)(=O)c2c(F)cccc2Cl)cn1. The number of nitrogens with zero attached hydrogens (tertiary/aromatic N) is 3. The third-order valence-corrected chi connectivity index (χ3v) is 4.36. The summed E-state index contributed by atoms with van der Waals surface area (Å²) in [5.41, 5.74) is 0.111. The number of aromatic nitrogens is 2. The van der Waals surface area contributed by atoms with Crippen molar-refractivity contribution in [1.29, 1.82) is 0 Å². The Balaban J connectivity index is 2.33. The van der Waals surface area contributed by atoms with E-state index >= 15 is 0 Å². The maximum absolute atomic E-state index is 13.7. The monoisotopic (exact) mass is 330 g/mol. The summed E-state index contributed by atoms with van der Waals surface area (Å²) in [5.74, 6) is -0.511. The molecule has 0 aliphatic rings. The van der Waals surface area contributed by atoms with Crippen LogP contribution in [0.3, 0.4) is 0 Å². The van der Waals surface area contributed by atoms with Crippen LogP contribution in [-0.2, 0) is 10.0 Å². The number of hydrogen-bond acceptors (Lipinski definition) is 5. The van der Waals surface area contributed by atoms with Gasteiger partial charge in [0.1, 0.15) is 10.7 Å². The van der Waals surface area contributed by atoms with E-state index in [1.807, 2.05) is 0 Å². The van der Waals surface area contributed by atoms with Gasteiger partial charge in [0.2, 0.25) is 5.95 Å². The molecule has 2 aromatic rings. The Hall–Kier alpha value is -1.93. The van der Waals surface area contributed by atoms with Gasteiger partial charge in [0.15, 0.2) is 0 Å². The molecule has 1 N–H and O–H groups in total. The molecule has 0 fully saturated rings. The van der Waals surface area contributed by atoms with Crippen LogP contribution in [0.1, 0.15) is 0 Å². The minimum Gasteiger partial charge on any atom is -0.347 e. The molecule has 0 radical (unpaired) electrons. The van der Waals surface area contributed by atoms with Crippen LogP contribution in [0.25, 0.3) is 0 Å². The van der Waals surface area contributed by atoms with Crippen molar-refractivity contribution < 1.29 is 12.8 Å². The van der Waals surface area contributed by atoms with Crippen molar-refractivity contribution in [2.75, 3.05) is 23.7 Å². The van der Waals surface area contributed by atoms with E-state index in [4.69, 9.17) is 11.6 Å². The lowest BCUT2D eigenvalue weighted by atomic mass is 10.3. The van der Waals surface area contributed by atoms with Crippen molar-refractivity contribution in [2.24, 2.45) is 0 Å². The van der Waals surface area contributed by atoms with E-state index in [0.29, 0.717) is 5.95 Å². The molecule has 9 heteroatoms. The highest BCUT2D eigenvalue weighted by atomic mass is 35.5. The van der Waals surface area contributed by atoms with Gasteiger partial charge in [0.25, 0.3) is 10.0 Å². The van der Waals surface area contributed by atoms with Gasteiger partial charge in [-0.3, -0.25) is 4.72 Å². The topological polar surface area (TPSA) is 75.2 Å². The molecule has 0 saturated carbocycles. The fraction of sp³-hybridized carbons (Fsp3) is 0.167. The molecule has 0 aliphatic heterocycles. The molecule has 0 spiro atoms. The van der Waals surface area contributed by atoms with Crippen molar-refractivity contribution in [3.63, 3.8) is 0 Å². The van der Waals surface area contributed by atoms with Gasteiger partial charge in [-0.2, -0.15) is 0 Å². The lowest BCUT2D eigenvalue weighted by Crippen LogP contribution is -2.17. The van der Waals surface area contributed by atoms with Crippen LogP contribution in [0.15, 0.2) is 35.5 Å². The molecule has 0 saturated heterocycles. The Kier molecular flexibility index (Phi) is 4.29. The van der Waals surface area contributed by atoms with E-state index in [0.717, 1.165) is 6.07 Å². The molecular formula is C12H12ClFN4O2S. The Morgan fingerprint density at radius 2 is 1.86 bits per heavy atom. The Labute approximate surface area is 126 Å². The van der Waals surface area contributed by atoms with Gasteiger partial charge in [-0.1, -0.05) is 17.7 Å². The highest BCUT2D eigenvalue weighted by Crippen LogP contribution is 2.26. The number of halogens is 2. The first kappa shape index (κ1) is 15.5. The number of nitrogens with one attached hydrogen (secondary N) is 1. The lowest BCUT2D eigenvalue weighted by Gasteiger charge is -2.12. The van der Waals surface area contributed by atoms with Crippen molar-refractivity contribution in [1.82, 2.24) is 9.97 Å². The van der Waals surface area contributed by atoms with Crippen LogP contribution in [-0.4, -0.2) is 32.5 Å². The predicted molar refractivity (Wildman–Crippen MR) is 78.6 cm³/mol. The summed E-state index contributed by atoms with van der Waals surface area (Å²) in [6.07, 6.45) is 2.57. The van der Waals surface area contributed by atoms with E-state index in [2.05, 4.69) is 14.7 Å². The molecule has 0 atom stereocenters. The zero-order valence-corrected chi connectivity index (χ0v) is 12.8. The molecular weight excluding hydrogens is 319 g/mol. The van der Waals surface area contributed by atoms with Crippen LogP contribution in [0.2, 0.25) is 5.02 Å². The molecule has 0 amide bonds. The van der Waals surface area contributed by atoms with E-state index in [1.54, 1.807) is 19.0 Å². The van der Waals surface area contributed by atoms with Crippen LogP contribution in [0.4, 0.5) is 16.0 Å². The molecule has 1 aromatic heterocycles. The summed E-state index contributed by atoms with van der Waals surface area (Å²) in [4.78, 5) is 8.97. The van der Waals surface area contributed by atoms with Crippen LogP contribution in [0.5, 0.6) is 0 Å². The molecule has 1 heterocycles. The number of benzene rings is 1. The number of rotatable bonds is 4. The molecule has 0 bridgehead atoms. The van der Waals surface area contributed by atoms with Gasteiger partial charge < -0.3 is 4.90 Å². The van der Waals surface area contributed by atoms with Gasteiger partial charge in [-0.25, -0.2) is 22.8 Å². The molecule has 21 heavy (non-hydrogen) atoms. The minimum absolute atomic E-state index is 0.111. The van der Waals surface area contributed by atoms with Crippen molar-refractivity contribution >= 4 is 33.3 Å². The Morgan fingerprint density at radius 1 is 1.24 bits per heavy atom. The Morgan fingerprint density at radius 3 is 2.38 bits per heavy atom. The highest BCUT2D eigenvalue weighted by Gasteiger charge is 2.23. The normalized spacial score (nSPS) is 11.2. The average Bonchev–Trinajstić information content (AvgIpc) is 2.38. The summed E-state index contributed by atoms with van der Waals surface area (Å²) >= 11 is 5.75. The molecule has 0 aliphatic carbocycles. The van der Waals surface area contributed by atoms with E-state index < -0.39 is 20.7 Å². The van der Waals surface area contributed by atoms with Gasteiger partial charge >= 0.3 is 0 Å². The molecule has 112 valence electrons. The van der Waals surface area contributed by atoms with Gasteiger partial charge in [-0.05, 0) is 12.1 Å². The minimum atomic E-state index is -4.16. The Bertz CT molecular complexity index is 730. The van der Waals surface area contributed by atoms with E-state index in [9.17, 15) is 12.8 Å². The highest BCUT2D eigenvalue weighted by molar-refractivity contribution is 7.92. The largest absolute Gasteiger partial charge is 0.347 e. The molecule has 1 aromatic carbocycles. The first-order valence-corrected chi connectivity index (χ1v) is 7.63. The van der Waals surface area contributed by atoms with Crippen molar-refractivity contribution in [3.8, 4) is 0 Å². The van der Waals surface area contributed by atoms with E-state index in [1.165, 1.54) is 24.5 Å². The quantitative estimate of drug-likeness (QED) is 0.929. The van der Waals surface area contributed by atoms with E-state index in [-0.39, 0.29) is 10.7 Å². The second kappa shape index (κ2) is 5.82. The third kappa shape index (κ3) is 3.40. The fourth-order valence-electron chi connectivity index (χ4n) is 1.55. The van der Waals surface area contributed by atoms with Gasteiger partial charge in [-0.15, -0.1) is 0 Å². The van der Waals surface area contributed by atoms with Crippen molar-refractivity contribution in [3.05, 3.63) is 41.4 Å². The second-order valence-electron chi connectivity index (χ2n) is 4.32. The smallest absolute Gasteiger partial charge is 0.266 e. The van der Waals surface area contributed by atoms with Gasteiger partial charge in [0, 0.05) is 14.1 Å². The summed E-state index contributed by atoms with van der Waals surface area (Å²) < 4.78 is 40.2. The summed E-state index contributed by atoms with van der Waals surface area (Å²) in [5, 5.41) is -0.201. The fourth-order valence-corrected chi connectivity index (χ4v) is 3.19. The summed E-state index contributed by atoms with van der Waals surface area (Å²) in [7, 11) is -0.662. The molecule has 2 rings (SSSR count).